The first kappa shape index (κ1) is 29.0. The van der Waals surface area contributed by atoms with E-state index in [2.05, 4.69) is 10.2 Å². The van der Waals surface area contributed by atoms with Crippen molar-refractivity contribution in [2.24, 2.45) is 5.92 Å². The first-order valence-corrected chi connectivity index (χ1v) is 14.6. The summed E-state index contributed by atoms with van der Waals surface area (Å²) >= 11 is 6.41. The van der Waals surface area contributed by atoms with Crippen molar-refractivity contribution in [1.82, 2.24) is 29.1 Å². The average Bonchev–Trinajstić information content (AvgIpc) is 3.63. The number of amides is 2. The second-order valence-corrected chi connectivity index (χ2v) is 11.6. The second kappa shape index (κ2) is 11.6. The number of fused-ring (bicyclic) bond motifs is 3. The Kier molecular flexibility index (Phi) is 7.80. The maximum Gasteiger partial charge on any atom is 0.406 e. The van der Waals surface area contributed by atoms with Crippen LogP contribution in [0.1, 0.15) is 42.9 Å². The van der Waals surface area contributed by atoms with E-state index in [9.17, 15) is 27.6 Å². The summed E-state index contributed by atoms with van der Waals surface area (Å²) in [6.45, 7) is -0.901. The normalized spacial score (nSPS) is 18.5. The zero-order valence-corrected chi connectivity index (χ0v) is 23.9. The minimum atomic E-state index is -4.61. The van der Waals surface area contributed by atoms with Gasteiger partial charge in [0.25, 0.3) is 0 Å². The van der Waals surface area contributed by atoms with E-state index >= 15 is 0 Å². The third kappa shape index (κ3) is 5.93. The molecule has 2 aliphatic heterocycles. The number of piperidine rings is 1. The zero-order valence-electron chi connectivity index (χ0n) is 23.2. The SMILES string of the molecule is O=C(C[C@@H]1CCc2cc(Cl)c3[nH]ncc3c2CN(CC(F)(F)F)C1=O)N1CCC(n2ccn(-c3ccccc3)c2=O)CC1. The number of aromatic nitrogens is 4. The fourth-order valence-electron chi connectivity index (χ4n) is 6.30. The lowest BCUT2D eigenvalue weighted by Crippen LogP contribution is -2.45. The van der Waals surface area contributed by atoms with Gasteiger partial charge in [0.05, 0.1) is 22.4 Å². The van der Waals surface area contributed by atoms with Gasteiger partial charge >= 0.3 is 11.9 Å². The van der Waals surface area contributed by atoms with E-state index in [1.54, 1.807) is 32.5 Å². The van der Waals surface area contributed by atoms with Crippen molar-refractivity contribution in [2.45, 2.75) is 50.9 Å². The molecule has 4 aromatic rings. The number of para-hydroxylation sites is 1. The van der Waals surface area contributed by atoms with Crippen molar-refractivity contribution in [3.05, 3.63) is 81.6 Å². The molecule has 0 saturated carbocycles. The number of hydrogen-bond donors (Lipinski definition) is 1. The molecule has 0 radical (unpaired) electrons. The van der Waals surface area contributed by atoms with Gasteiger partial charge in [0.1, 0.15) is 6.54 Å². The molecule has 2 amide bonds. The average molecular weight is 615 g/mol. The Morgan fingerprint density at radius 2 is 1.81 bits per heavy atom. The highest BCUT2D eigenvalue weighted by Gasteiger charge is 2.38. The van der Waals surface area contributed by atoms with Crippen molar-refractivity contribution >= 4 is 34.3 Å². The molecule has 1 atom stereocenters. The summed E-state index contributed by atoms with van der Waals surface area (Å²) in [7, 11) is 0. The van der Waals surface area contributed by atoms with Gasteiger partial charge in [-0.05, 0) is 55.0 Å². The van der Waals surface area contributed by atoms with Gasteiger partial charge in [-0.25, -0.2) is 4.79 Å². The highest BCUT2D eigenvalue weighted by molar-refractivity contribution is 6.35. The van der Waals surface area contributed by atoms with Crippen LogP contribution in [-0.4, -0.2) is 66.8 Å². The van der Waals surface area contributed by atoms with Crippen LogP contribution in [0.4, 0.5) is 13.2 Å². The molecule has 1 N–H and O–H groups in total. The maximum atomic E-state index is 13.6. The molecule has 2 aliphatic rings. The number of hydrogen-bond acceptors (Lipinski definition) is 4. The van der Waals surface area contributed by atoms with Crippen LogP contribution in [0.5, 0.6) is 0 Å². The number of likely N-dealkylation sites (tertiary alicyclic amines) is 1. The maximum absolute atomic E-state index is 13.6. The molecule has 6 rings (SSSR count). The highest BCUT2D eigenvalue weighted by atomic mass is 35.5. The van der Waals surface area contributed by atoms with Crippen molar-refractivity contribution in [3.63, 3.8) is 0 Å². The van der Waals surface area contributed by atoms with E-state index in [-0.39, 0.29) is 37.0 Å². The topological polar surface area (TPSA) is 96.2 Å². The number of imidazole rings is 1. The predicted octanol–water partition coefficient (Wildman–Crippen LogP) is 4.88. The molecule has 0 bridgehead atoms. The zero-order chi connectivity index (χ0) is 30.3. The number of carbonyl (C=O) groups excluding carboxylic acids is 2. The number of alkyl halides is 3. The number of halogens is 4. The number of aryl methyl sites for hydroxylation is 1. The number of nitrogens with one attached hydrogen (secondary N) is 1. The van der Waals surface area contributed by atoms with Gasteiger partial charge in [-0.2, -0.15) is 18.3 Å². The van der Waals surface area contributed by atoms with Crippen LogP contribution in [-0.2, 0) is 22.6 Å². The summed E-state index contributed by atoms with van der Waals surface area (Å²) in [5.74, 6) is -1.87. The quantitative estimate of drug-likeness (QED) is 0.347. The Labute approximate surface area is 249 Å². The van der Waals surface area contributed by atoms with Gasteiger partial charge in [-0.1, -0.05) is 29.8 Å². The van der Waals surface area contributed by atoms with Crippen molar-refractivity contribution in [3.8, 4) is 5.69 Å². The largest absolute Gasteiger partial charge is 0.406 e. The van der Waals surface area contributed by atoms with E-state index in [1.807, 2.05) is 30.3 Å². The van der Waals surface area contributed by atoms with E-state index < -0.39 is 24.5 Å². The smallest absolute Gasteiger partial charge is 0.343 e. The summed E-state index contributed by atoms with van der Waals surface area (Å²) < 4.78 is 44.0. The molecule has 9 nitrogen and oxygen atoms in total. The molecule has 1 saturated heterocycles. The molecule has 0 spiro atoms. The fraction of sp³-hybridized carbons (Fsp3) is 0.400. The van der Waals surface area contributed by atoms with Gasteiger partial charge in [-0.3, -0.25) is 23.8 Å². The summed E-state index contributed by atoms with van der Waals surface area (Å²) in [6.07, 6.45) is 1.91. The highest BCUT2D eigenvalue weighted by Crippen LogP contribution is 2.34. The Hall–Kier alpha value is -4.06. The Morgan fingerprint density at radius 3 is 2.53 bits per heavy atom. The number of rotatable bonds is 5. The van der Waals surface area contributed by atoms with Gasteiger partial charge < -0.3 is 9.80 Å². The predicted molar refractivity (Wildman–Crippen MR) is 154 cm³/mol. The van der Waals surface area contributed by atoms with Crippen LogP contribution < -0.4 is 5.69 Å². The molecule has 1 fully saturated rings. The molecular weight excluding hydrogens is 585 g/mol. The van der Waals surface area contributed by atoms with Crippen LogP contribution in [0.2, 0.25) is 5.02 Å². The van der Waals surface area contributed by atoms with Gasteiger partial charge in [-0.15, -0.1) is 0 Å². The monoisotopic (exact) mass is 614 g/mol. The summed E-state index contributed by atoms with van der Waals surface area (Å²) in [4.78, 5) is 42.4. The van der Waals surface area contributed by atoms with Gasteiger partial charge in [0, 0.05) is 55.8 Å². The van der Waals surface area contributed by atoms with Gasteiger partial charge in [0.15, 0.2) is 0 Å². The minimum Gasteiger partial charge on any atom is -0.343 e. The van der Waals surface area contributed by atoms with Crippen LogP contribution in [0.3, 0.4) is 0 Å². The summed E-state index contributed by atoms with van der Waals surface area (Å²) in [5, 5.41) is 7.73. The van der Waals surface area contributed by atoms with Crippen LogP contribution in [0.15, 0.2) is 59.8 Å². The second-order valence-electron chi connectivity index (χ2n) is 11.2. The minimum absolute atomic E-state index is 0.0900. The Balaban J connectivity index is 1.15. The number of H-pyrrole nitrogens is 1. The van der Waals surface area contributed by atoms with E-state index in [0.29, 0.717) is 53.8 Å². The van der Waals surface area contributed by atoms with E-state index in [0.717, 1.165) is 16.2 Å². The summed E-state index contributed by atoms with van der Waals surface area (Å²) in [6, 6.07) is 10.9. The lowest BCUT2D eigenvalue weighted by molar-refractivity contribution is -0.166. The third-order valence-electron chi connectivity index (χ3n) is 8.50. The first-order chi connectivity index (χ1) is 20.6. The van der Waals surface area contributed by atoms with E-state index in [1.165, 1.54) is 6.20 Å². The molecule has 43 heavy (non-hydrogen) atoms. The number of benzene rings is 2. The molecule has 13 heteroatoms. The number of nitrogens with zero attached hydrogens (tertiary/aromatic N) is 5. The molecule has 2 aromatic heterocycles. The Morgan fingerprint density at radius 1 is 1.07 bits per heavy atom. The van der Waals surface area contributed by atoms with Crippen LogP contribution >= 0.6 is 11.6 Å². The fourth-order valence-corrected chi connectivity index (χ4v) is 6.57. The third-order valence-corrected chi connectivity index (χ3v) is 8.80. The summed E-state index contributed by atoms with van der Waals surface area (Å²) in [5.41, 5.74) is 2.43. The van der Waals surface area contributed by atoms with Crippen LogP contribution in [0, 0.1) is 5.92 Å². The lowest BCUT2D eigenvalue weighted by Gasteiger charge is -2.35. The molecule has 0 unspecified atom stereocenters. The lowest BCUT2D eigenvalue weighted by atomic mass is 9.88. The van der Waals surface area contributed by atoms with Crippen LogP contribution in [0.25, 0.3) is 16.6 Å². The first-order valence-electron chi connectivity index (χ1n) is 14.2. The standard InChI is InChI=1S/C30H30ClF3N6O3/c31-25-14-19-6-7-20(28(42)38(18-30(32,33)34)17-24(19)23-16-35-36-27(23)25)15-26(41)37-10-8-22(9-11-37)40-13-12-39(29(40)43)21-4-2-1-3-5-21/h1-5,12-14,16,20,22H,6-11,15,17-18H2,(H,35,36)/t20-/m0/s1. The van der Waals surface area contributed by atoms with Gasteiger partial charge in [0.2, 0.25) is 11.8 Å². The van der Waals surface area contributed by atoms with Crippen molar-refractivity contribution < 1.29 is 22.8 Å². The molecular formula is C30H30ClF3N6O3. The molecule has 4 heterocycles. The number of carbonyl (C=O) groups is 2. The Bertz CT molecular complexity index is 1710. The van der Waals surface area contributed by atoms with Crippen molar-refractivity contribution in [1.29, 1.82) is 0 Å². The van der Waals surface area contributed by atoms with Crippen molar-refractivity contribution in [2.75, 3.05) is 19.6 Å². The molecule has 226 valence electrons. The van der Waals surface area contributed by atoms with E-state index in [4.69, 9.17) is 11.6 Å². The number of aromatic amines is 1. The molecule has 0 aliphatic carbocycles. The molecule has 2 aromatic carbocycles.